The van der Waals surface area contributed by atoms with Gasteiger partial charge in [0.25, 0.3) is 0 Å². The summed E-state index contributed by atoms with van der Waals surface area (Å²) in [6, 6.07) is 20.6. The van der Waals surface area contributed by atoms with Crippen molar-refractivity contribution in [3.63, 3.8) is 0 Å². The minimum Gasteiger partial charge on any atom is -0.338 e. The average molecular weight is 1070 g/mol. The summed E-state index contributed by atoms with van der Waals surface area (Å²) in [6.45, 7) is 13.7. The number of hydrogen-bond acceptors (Lipinski definition) is 6. The Hall–Kier alpha value is -3.76. The molecular formula is C40H50F2I2N6O6S2. The van der Waals surface area contributed by atoms with E-state index in [4.69, 9.17) is 0 Å². The number of rotatable bonds is 11. The van der Waals surface area contributed by atoms with Crippen LogP contribution in [0.3, 0.4) is 0 Å². The molecule has 12 nitrogen and oxygen atoms in total. The number of hydrogen-bond donors (Lipinski definition) is 5. The highest BCUT2D eigenvalue weighted by molar-refractivity contribution is 14.1. The molecule has 4 rings (SSSR count). The predicted molar refractivity (Wildman–Crippen MR) is 247 cm³/mol. The van der Waals surface area contributed by atoms with Crippen LogP contribution in [0.5, 0.6) is 0 Å². The number of carbonyl (C=O) groups excluding carboxylic acids is 2. The third kappa shape index (κ3) is 16.1. The van der Waals surface area contributed by atoms with Gasteiger partial charge in [0.1, 0.15) is 11.6 Å². The van der Waals surface area contributed by atoms with Crippen LogP contribution in [0.1, 0.15) is 63.8 Å². The van der Waals surface area contributed by atoms with Crippen LogP contribution >= 0.6 is 45.2 Å². The van der Waals surface area contributed by atoms with Crippen molar-refractivity contribution in [1.29, 1.82) is 0 Å². The molecule has 0 atom stereocenters. The highest BCUT2D eigenvalue weighted by atomic mass is 127. The lowest BCUT2D eigenvalue weighted by molar-refractivity contribution is 0.220. The summed E-state index contributed by atoms with van der Waals surface area (Å²) in [5.41, 5.74) is 4.88. The topological polar surface area (TPSA) is 166 Å². The summed E-state index contributed by atoms with van der Waals surface area (Å²) in [6.07, 6.45) is 2.56. The zero-order chi connectivity index (χ0) is 43.8. The van der Waals surface area contributed by atoms with Crippen LogP contribution < -0.4 is 25.4 Å². The zero-order valence-corrected chi connectivity index (χ0v) is 39.7. The molecule has 0 saturated heterocycles. The highest BCUT2D eigenvalue weighted by Crippen LogP contribution is 2.29. The first-order chi connectivity index (χ1) is 26.6. The van der Waals surface area contributed by atoms with Gasteiger partial charge < -0.3 is 20.9 Å². The van der Waals surface area contributed by atoms with Crippen molar-refractivity contribution in [2.75, 3.05) is 46.2 Å². The lowest BCUT2D eigenvalue weighted by atomic mass is 9.86. The molecule has 0 aliphatic rings. The number of urea groups is 2. The molecule has 0 bridgehead atoms. The van der Waals surface area contributed by atoms with Crippen molar-refractivity contribution in [2.45, 2.75) is 65.3 Å². The lowest BCUT2D eigenvalue weighted by Gasteiger charge is -2.21. The molecule has 0 heterocycles. The fourth-order valence-corrected chi connectivity index (χ4v) is 8.18. The van der Waals surface area contributed by atoms with Crippen LogP contribution in [0.4, 0.5) is 41.1 Å². The molecule has 0 saturated carbocycles. The lowest BCUT2D eigenvalue weighted by Crippen LogP contribution is -2.31. The Bertz CT molecular complexity index is 2270. The maximum atomic E-state index is 14.3. The third-order valence-corrected chi connectivity index (χ3v) is 11.1. The molecule has 0 fully saturated rings. The molecule has 4 amide bonds. The van der Waals surface area contributed by atoms with Gasteiger partial charge in [-0.1, -0.05) is 90.1 Å². The van der Waals surface area contributed by atoms with Gasteiger partial charge in [0.2, 0.25) is 20.0 Å². The number of carbonyl (C=O) groups is 2. The van der Waals surface area contributed by atoms with Gasteiger partial charge in [-0.25, -0.2) is 35.2 Å². The maximum Gasteiger partial charge on any atom is 0.321 e. The summed E-state index contributed by atoms with van der Waals surface area (Å²) in [4.78, 5) is 26.0. The Morgan fingerprint density at radius 1 is 0.655 bits per heavy atom. The van der Waals surface area contributed by atoms with Crippen molar-refractivity contribution in [3.8, 4) is 0 Å². The first-order valence-corrected chi connectivity index (χ1v) is 23.7. The molecule has 0 aromatic heterocycles. The van der Waals surface area contributed by atoms with E-state index in [0.29, 0.717) is 26.7 Å². The molecule has 0 aliphatic carbocycles. The average Bonchev–Trinajstić information content (AvgIpc) is 3.07. The quantitative estimate of drug-likeness (QED) is 0.0940. The predicted octanol–water partition coefficient (Wildman–Crippen LogP) is 9.23. The van der Waals surface area contributed by atoms with E-state index in [0.717, 1.165) is 35.8 Å². The second-order valence-corrected chi connectivity index (χ2v) is 21.5. The van der Waals surface area contributed by atoms with Crippen molar-refractivity contribution in [1.82, 2.24) is 10.2 Å². The summed E-state index contributed by atoms with van der Waals surface area (Å²) in [5, 5.41) is 7.92. The zero-order valence-electron chi connectivity index (χ0n) is 33.8. The first-order valence-electron chi connectivity index (χ1n) is 17.8. The van der Waals surface area contributed by atoms with Crippen molar-refractivity contribution in [3.05, 3.63) is 114 Å². The van der Waals surface area contributed by atoms with E-state index in [2.05, 4.69) is 79.1 Å². The summed E-state index contributed by atoms with van der Waals surface area (Å²) >= 11 is 3.62. The molecule has 4 aromatic carbocycles. The SMILES string of the molecule is CC(C)(C)c1ccc(CCNC(=O)Nc2cc(F)c(NS(C)(=O)=O)c(I)c2)cc1.CN(Cc1ccc(C(C)(C)C)cc1)C(=O)Nc1cc(F)c(NS(C)(=O)=O)c(I)c1. The Morgan fingerprint density at radius 3 is 1.43 bits per heavy atom. The largest absolute Gasteiger partial charge is 0.338 e. The summed E-state index contributed by atoms with van der Waals surface area (Å²) < 4.78 is 78.7. The molecular weight excluding hydrogens is 1020 g/mol. The standard InChI is InChI=1S/2C20H25FIN3O3S/c1-20(2,3)14-8-6-13(7-9-14)12-25(4)19(26)23-15-10-16(21)18(17(22)11-15)24-29(5,27)28;1-20(2,3)14-7-5-13(6-8-14)9-10-23-19(26)24-15-11-16(21)18(17(22)12-15)25-29(4,27)28/h6-11,24H,12H2,1-5H3,(H,23,26);5-8,11-12,25H,9-10H2,1-4H3,(H2,23,24,26). The molecule has 4 aromatic rings. The van der Waals surface area contributed by atoms with E-state index in [-0.39, 0.29) is 33.6 Å². The van der Waals surface area contributed by atoms with E-state index < -0.39 is 43.7 Å². The minimum absolute atomic E-state index is 0.0567. The normalized spacial score (nSPS) is 11.8. The van der Waals surface area contributed by atoms with E-state index in [9.17, 15) is 35.2 Å². The van der Waals surface area contributed by atoms with Gasteiger partial charge in [0.05, 0.1) is 23.9 Å². The number of anilines is 4. The van der Waals surface area contributed by atoms with Crippen LogP contribution in [0.15, 0.2) is 72.8 Å². The third-order valence-electron chi connectivity index (χ3n) is 8.27. The van der Waals surface area contributed by atoms with Gasteiger partial charge in [-0.15, -0.1) is 0 Å². The Morgan fingerprint density at radius 2 is 1.05 bits per heavy atom. The molecule has 58 heavy (non-hydrogen) atoms. The first kappa shape index (κ1) is 48.6. The fraction of sp³-hybridized carbons (Fsp3) is 0.350. The van der Waals surface area contributed by atoms with Gasteiger partial charge in [-0.2, -0.15) is 0 Å². The molecule has 18 heteroatoms. The van der Waals surface area contributed by atoms with E-state index in [1.54, 1.807) is 29.6 Å². The van der Waals surface area contributed by atoms with Crippen LogP contribution in [0, 0.1) is 18.8 Å². The maximum absolute atomic E-state index is 14.3. The fourth-order valence-electron chi connectivity index (χ4n) is 5.20. The summed E-state index contributed by atoms with van der Waals surface area (Å²) in [7, 11) is -5.56. The van der Waals surface area contributed by atoms with Gasteiger partial charge >= 0.3 is 12.1 Å². The van der Waals surface area contributed by atoms with Gasteiger partial charge in [0.15, 0.2) is 0 Å². The molecule has 0 spiro atoms. The van der Waals surface area contributed by atoms with Crippen LogP contribution in [0.25, 0.3) is 0 Å². The molecule has 0 aliphatic heterocycles. The number of nitrogens with zero attached hydrogens (tertiary/aromatic N) is 1. The second-order valence-electron chi connectivity index (χ2n) is 15.7. The molecule has 5 N–H and O–H groups in total. The summed E-state index contributed by atoms with van der Waals surface area (Å²) in [5.74, 6) is -1.53. The van der Waals surface area contributed by atoms with E-state index >= 15 is 0 Å². The van der Waals surface area contributed by atoms with Crippen molar-refractivity contribution >= 4 is 100 Å². The van der Waals surface area contributed by atoms with Crippen molar-refractivity contribution in [2.24, 2.45) is 0 Å². The van der Waals surface area contributed by atoms with Crippen LogP contribution in [0.2, 0.25) is 0 Å². The van der Waals surface area contributed by atoms with Crippen LogP contribution in [-0.4, -0.2) is 59.9 Å². The number of benzene rings is 4. The Kier molecular flexibility index (Phi) is 16.8. The van der Waals surface area contributed by atoms with Gasteiger partial charge in [-0.3, -0.25) is 9.44 Å². The smallest absolute Gasteiger partial charge is 0.321 e. The number of halogens is 4. The number of amides is 4. The van der Waals surface area contributed by atoms with E-state index in [1.807, 2.05) is 59.0 Å². The van der Waals surface area contributed by atoms with Gasteiger partial charge in [-0.05, 0) is 109 Å². The second kappa shape index (κ2) is 20.0. The van der Waals surface area contributed by atoms with Crippen LogP contribution in [-0.2, 0) is 43.8 Å². The monoisotopic (exact) mass is 1070 g/mol. The molecule has 316 valence electrons. The Balaban J connectivity index is 0.000000310. The molecule has 0 unspecified atom stereocenters. The number of sulfonamides is 2. The molecule has 0 radical (unpaired) electrons. The van der Waals surface area contributed by atoms with E-state index in [1.165, 1.54) is 28.2 Å². The number of nitrogens with one attached hydrogen (secondary N) is 5. The highest BCUT2D eigenvalue weighted by Gasteiger charge is 2.18. The Labute approximate surface area is 368 Å². The minimum atomic E-state index is -3.61. The van der Waals surface area contributed by atoms with Gasteiger partial charge in [0, 0.05) is 38.7 Å². The van der Waals surface area contributed by atoms with Crippen molar-refractivity contribution < 1.29 is 35.2 Å².